The number of phenols is 1. The first-order chi connectivity index (χ1) is 14.5. The van der Waals surface area contributed by atoms with Crippen molar-refractivity contribution in [2.24, 2.45) is 16.7 Å². The Morgan fingerprint density at radius 3 is 2.58 bits per heavy atom. The van der Waals surface area contributed by atoms with Crippen LogP contribution in [0.5, 0.6) is 11.5 Å². The zero-order chi connectivity index (χ0) is 22.2. The van der Waals surface area contributed by atoms with E-state index in [0.29, 0.717) is 11.8 Å². The van der Waals surface area contributed by atoms with E-state index in [-0.39, 0.29) is 34.0 Å². The summed E-state index contributed by atoms with van der Waals surface area (Å²) in [7, 11) is 4.08. The Morgan fingerprint density at radius 1 is 1.16 bits per heavy atom. The quantitative estimate of drug-likeness (QED) is 0.755. The molecule has 31 heavy (non-hydrogen) atoms. The van der Waals surface area contributed by atoms with Crippen molar-refractivity contribution in [2.45, 2.75) is 88.6 Å². The van der Waals surface area contributed by atoms with Crippen LogP contribution in [0.2, 0.25) is 0 Å². The molecule has 4 aliphatic carbocycles. The minimum Gasteiger partial charge on any atom is -0.504 e. The number of phenolic OH excluding ortho intramolecular Hbond substituents is 1. The van der Waals surface area contributed by atoms with Crippen LogP contribution in [0.1, 0.15) is 64.5 Å². The van der Waals surface area contributed by atoms with E-state index >= 15 is 0 Å². The Balaban J connectivity index is 1.66. The Labute approximate surface area is 185 Å². The lowest BCUT2D eigenvalue weighted by Crippen LogP contribution is -2.83. The topological polar surface area (TPSA) is 62.2 Å². The molecule has 5 heteroatoms. The predicted octanol–water partition coefficient (Wildman–Crippen LogP) is 3.63. The van der Waals surface area contributed by atoms with Crippen LogP contribution in [0.15, 0.2) is 12.1 Å². The van der Waals surface area contributed by atoms with Crippen LogP contribution >= 0.6 is 0 Å². The largest absolute Gasteiger partial charge is 0.504 e. The first kappa shape index (κ1) is 20.3. The van der Waals surface area contributed by atoms with E-state index in [9.17, 15) is 10.2 Å². The predicted molar refractivity (Wildman–Crippen MR) is 119 cm³/mol. The summed E-state index contributed by atoms with van der Waals surface area (Å²) in [5, 5.41) is 22.9. The summed E-state index contributed by atoms with van der Waals surface area (Å²) in [6, 6.07) is 4.34. The van der Waals surface area contributed by atoms with E-state index in [1.807, 2.05) is 14.0 Å². The molecule has 2 heterocycles. The van der Waals surface area contributed by atoms with Gasteiger partial charge in [-0.3, -0.25) is 0 Å². The van der Waals surface area contributed by atoms with E-state index in [0.717, 1.165) is 38.6 Å². The van der Waals surface area contributed by atoms with Gasteiger partial charge in [-0.25, -0.2) is 0 Å². The number of methoxy groups -OCH3 is 1. The summed E-state index contributed by atoms with van der Waals surface area (Å²) in [6.45, 7) is 9.44. The van der Waals surface area contributed by atoms with Gasteiger partial charge in [0.1, 0.15) is 11.7 Å². The maximum atomic E-state index is 12.0. The second-order valence-corrected chi connectivity index (χ2v) is 12.3. The zero-order valence-corrected chi connectivity index (χ0v) is 19.8. The Morgan fingerprint density at radius 2 is 1.90 bits per heavy atom. The van der Waals surface area contributed by atoms with Crippen molar-refractivity contribution in [1.82, 2.24) is 4.90 Å². The first-order valence-corrected chi connectivity index (χ1v) is 12.0. The van der Waals surface area contributed by atoms with Crippen LogP contribution in [0.25, 0.3) is 0 Å². The van der Waals surface area contributed by atoms with Gasteiger partial charge in [0, 0.05) is 35.5 Å². The molecule has 2 spiro atoms. The van der Waals surface area contributed by atoms with E-state index in [2.05, 4.69) is 38.8 Å². The molecule has 4 bridgehead atoms. The molecule has 2 aliphatic heterocycles. The monoisotopic (exact) mass is 427 g/mol. The van der Waals surface area contributed by atoms with Crippen LogP contribution in [0, 0.1) is 16.7 Å². The standard InChI is InChI=1S/C26H37NO4/c1-22(2,3)23(4,29)17-14-24-9-10-26(17,30-6)21-25(24)11-12-27(5)18(24)13-15-7-8-16(28)20(31-21)19(15)25/h7-8,17-18,21,28-29H,9-14H2,1-6H3/t17-,18-,21-,23+,24?,25?,26+/m1/s1. The number of aliphatic hydroxyl groups is 1. The minimum atomic E-state index is -0.911. The normalized spacial score (nSPS) is 44.5. The fourth-order valence-electron chi connectivity index (χ4n) is 8.86. The number of fused-ring (bicyclic) bond motifs is 2. The molecule has 4 fully saturated rings. The van der Waals surface area contributed by atoms with E-state index in [1.165, 1.54) is 11.1 Å². The van der Waals surface area contributed by atoms with Gasteiger partial charge < -0.3 is 24.6 Å². The molecule has 7 atom stereocenters. The number of piperidine rings is 1. The number of benzene rings is 1. The van der Waals surface area contributed by atoms with Crippen LogP contribution < -0.4 is 4.74 Å². The van der Waals surface area contributed by atoms with Gasteiger partial charge in [0.25, 0.3) is 0 Å². The van der Waals surface area contributed by atoms with Gasteiger partial charge in [0.15, 0.2) is 11.5 Å². The Kier molecular flexibility index (Phi) is 3.67. The van der Waals surface area contributed by atoms with Gasteiger partial charge in [-0.05, 0) is 69.7 Å². The van der Waals surface area contributed by atoms with Crippen molar-refractivity contribution in [3.8, 4) is 11.5 Å². The van der Waals surface area contributed by atoms with Crippen molar-refractivity contribution < 1.29 is 19.7 Å². The lowest BCUT2D eigenvalue weighted by Gasteiger charge is -2.75. The first-order valence-electron chi connectivity index (χ1n) is 12.0. The Bertz CT molecular complexity index is 967. The van der Waals surface area contributed by atoms with Gasteiger partial charge in [-0.15, -0.1) is 0 Å². The molecule has 2 unspecified atom stereocenters. The average molecular weight is 428 g/mol. The molecule has 1 saturated heterocycles. The van der Waals surface area contributed by atoms with Gasteiger partial charge in [-0.1, -0.05) is 26.8 Å². The second kappa shape index (κ2) is 5.60. The molecular weight excluding hydrogens is 390 g/mol. The molecule has 2 N–H and O–H groups in total. The molecular formula is C26H37NO4. The smallest absolute Gasteiger partial charge is 0.165 e. The molecule has 7 rings (SSSR count). The van der Waals surface area contributed by atoms with Gasteiger partial charge in [-0.2, -0.15) is 0 Å². The summed E-state index contributed by atoms with van der Waals surface area (Å²) in [5.41, 5.74) is 0.692. The lowest BCUT2D eigenvalue weighted by molar-refractivity contribution is -0.311. The van der Waals surface area contributed by atoms with Crippen molar-refractivity contribution in [1.29, 1.82) is 0 Å². The molecule has 5 nitrogen and oxygen atoms in total. The van der Waals surface area contributed by atoms with Crippen molar-refractivity contribution in [3.63, 3.8) is 0 Å². The fraction of sp³-hybridized carbons (Fsp3) is 0.769. The minimum absolute atomic E-state index is 0.0247. The highest BCUT2D eigenvalue weighted by molar-refractivity contribution is 5.63. The second-order valence-electron chi connectivity index (χ2n) is 12.3. The SMILES string of the molecule is CO[C@@]12CCC3(C[C@@H]1[C@](C)(O)C(C)(C)C)[C@H]1Cc4ccc(O)c5c4C3(CCN1C)[C@H]2O5. The van der Waals surface area contributed by atoms with Crippen molar-refractivity contribution in [3.05, 3.63) is 23.3 Å². The highest BCUT2D eigenvalue weighted by Crippen LogP contribution is 2.77. The van der Waals surface area contributed by atoms with Gasteiger partial charge in [0.05, 0.1) is 5.60 Å². The summed E-state index contributed by atoms with van der Waals surface area (Å²) in [6.07, 6.45) is 4.74. The lowest BCUT2D eigenvalue weighted by atomic mass is 9.33. The fourth-order valence-corrected chi connectivity index (χ4v) is 8.86. The summed E-state index contributed by atoms with van der Waals surface area (Å²) in [4.78, 5) is 2.56. The molecule has 0 amide bonds. The third-order valence-electron chi connectivity index (χ3n) is 10.8. The van der Waals surface area contributed by atoms with Gasteiger partial charge in [0.2, 0.25) is 0 Å². The number of likely N-dealkylation sites (tertiary alicyclic amines) is 1. The molecule has 0 radical (unpaired) electrons. The maximum absolute atomic E-state index is 12.0. The summed E-state index contributed by atoms with van der Waals surface area (Å²) < 4.78 is 13.3. The Hall–Kier alpha value is -1.30. The molecule has 6 aliphatic rings. The number of hydrogen-bond acceptors (Lipinski definition) is 5. The third kappa shape index (κ3) is 1.94. The summed E-state index contributed by atoms with van der Waals surface area (Å²) >= 11 is 0. The molecule has 0 aromatic heterocycles. The van der Waals surface area contributed by atoms with Crippen LogP contribution in [0.4, 0.5) is 0 Å². The number of rotatable bonds is 2. The number of hydrogen-bond donors (Lipinski definition) is 2. The van der Waals surface area contributed by atoms with E-state index < -0.39 is 11.2 Å². The molecule has 3 saturated carbocycles. The number of ether oxygens (including phenoxy) is 2. The summed E-state index contributed by atoms with van der Waals surface area (Å²) in [5.74, 6) is 0.901. The molecule has 1 aromatic rings. The average Bonchev–Trinajstić information content (AvgIpc) is 3.08. The number of aromatic hydroxyl groups is 1. The van der Waals surface area contributed by atoms with Crippen LogP contribution in [0.3, 0.4) is 0 Å². The third-order valence-corrected chi connectivity index (χ3v) is 10.8. The van der Waals surface area contributed by atoms with Crippen molar-refractivity contribution in [2.75, 3.05) is 20.7 Å². The highest BCUT2D eigenvalue weighted by Gasteiger charge is 2.82. The van der Waals surface area contributed by atoms with Crippen molar-refractivity contribution >= 4 is 0 Å². The van der Waals surface area contributed by atoms with Crippen LogP contribution in [-0.4, -0.2) is 59.2 Å². The number of likely N-dealkylation sites (N-methyl/N-ethyl adjacent to an activating group) is 1. The van der Waals surface area contributed by atoms with E-state index in [1.54, 1.807) is 6.07 Å². The molecule has 1 aromatic carbocycles. The maximum Gasteiger partial charge on any atom is 0.165 e. The zero-order valence-electron chi connectivity index (χ0n) is 19.8. The van der Waals surface area contributed by atoms with Gasteiger partial charge >= 0.3 is 0 Å². The highest BCUT2D eigenvalue weighted by atomic mass is 16.6. The van der Waals surface area contributed by atoms with E-state index in [4.69, 9.17) is 9.47 Å². The molecule has 170 valence electrons. The number of nitrogens with zero attached hydrogens (tertiary/aromatic N) is 1. The van der Waals surface area contributed by atoms with Crippen LogP contribution in [-0.2, 0) is 16.6 Å².